The van der Waals surface area contributed by atoms with E-state index in [4.69, 9.17) is 5.26 Å². The van der Waals surface area contributed by atoms with E-state index >= 15 is 0 Å². The molecule has 4 nitrogen and oxygen atoms in total. The monoisotopic (exact) mass is 241 g/mol. The highest BCUT2D eigenvalue weighted by Gasteiger charge is 2.08. The Morgan fingerprint density at radius 1 is 1.28 bits per heavy atom. The first-order valence-electron chi connectivity index (χ1n) is 5.88. The third-order valence-electron chi connectivity index (χ3n) is 2.91. The van der Waals surface area contributed by atoms with Crippen molar-refractivity contribution in [1.82, 2.24) is 9.13 Å². The summed E-state index contributed by atoms with van der Waals surface area (Å²) in [7, 11) is 0. The minimum absolute atomic E-state index is 0.0438. The van der Waals surface area contributed by atoms with Crippen molar-refractivity contribution in [3.05, 3.63) is 58.3 Å². The number of imidazole rings is 1. The lowest BCUT2D eigenvalue weighted by Gasteiger charge is -2.06. The van der Waals surface area contributed by atoms with E-state index in [2.05, 4.69) is 6.07 Å². The van der Waals surface area contributed by atoms with Gasteiger partial charge in [-0.2, -0.15) is 5.26 Å². The molecule has 0 atom stereocenters. The largest absolute Gasteiger partial charge is 0.328 e. The van der Waals surface area contributed by atoms with Crippen LogP contribution < -0.4 is 5.69 Å². The molecule has 0 fully saturated rings. The smallest absolute Gasteiger partial charge is 0.297 e. The van der Waals surface area contributed by atoms with Crippen molar-refractivity contribution in [2.24, 2.45) is 0 Å². The Bertz CT molecular complexity index is 644. The molecule has 0 aliphatic rings. The van der Waals surface area contributed by atoms with Gasteiger partial charge in [0.1, 0.15) is 0 Å². The van der Waals surface area contributed by atoms with Crippen LogP contribution in [0.2, 0.25) is 0 Å². The lowest BCUT2D eigenvalue weighted by molar-refractivity contribution is 0.561. The standard InChI is InChI=1S/C14H15N3O/c1-11(2)17-8-7-16(14(17)18)10-13-6-4-3-5-12(13)9-15/h3-8,11H,10H2,1-2H3. The summed E-state index contributed by atoms with van der Waals surface area (Å²) in [5.74, 6) is 0. The summed E-state index contributed by atoms with van der Waals surface area (Å²) in [6.45, 7) is 4.37. The van der Waals surface area contributed by atoms with Crippen LogP contribution >= 0.6 is 0 Å². The lowest BCUT2D eigenvalue weighted by Crippen LogP contribution is -2.25. The molecule has 0 aliphatic heterocycles. The summed E-state index contributed by atoms with van der Waals surface area (Å²) < 4.78 is 3.30. The van der Waals surface area contributed by atoms with Crippen LogP contribution in [0.4, 0.5) is 0 Å². The Kier molecular flexibility index (Phi) is 3.33. The van der Waals surface area contributed by atoms with E-state index in [0.29, 0.717) is 12.1 Å². The topological polar surface area (TPSA) is 50.7 Å². The van der Waals surface area contributed by atoms with E-state index < -0.39 is 0 Å². The summed E-state index contributed by atoms with van der Waals surface area (Å²) in [5, 5.41) is 9.02. The Labute approximate surface area is 106 Å². The van der Waals surface area contributed by atoms with E-state index in [1.54, 1.807) is 27.6 Å². The van der Waals surface area contributed by atoms with Crippen LogP contribution in [-0.4, -0.2) is 9.13 Å². The Balaban J connectivity index is 2.36. The first-order valence-corrected chi connectivity index (χ1v) is 5.88. The van der Waals surface area contributed by atoms with Gasteiger partial charge in [-0.3, -0.25) is 9.13 Å². The number of nitriles is 1. The Hall–Kier alpha value is -2.28. The summed E-state index contributed by atoms with van der Waals surface area (Å²) >= 11 is 0. The zero-order valence-electron chi connectivity index (χ0n) is 10.5. The minimum atomic E-state index is -0.0438. The molecule has 0 saturated carbocycles. The highest BCUT2D eigenvalue weighted by Crippen LogP contribution is 2.09. The fraction of sp³-hybridized carbons (Fsp3) is 0.286. The normalized spacial score (nSPS) is 10.6. The minimum Gasteiger partial charge on any atom is -0.297 e. The van der Waals surface area contributed by atoms with Gasteiger partial charge in [0.2, 0.25) is 0 Å². The van der Waals surface area contributed by atoms with Crippen molar-refractivity contribution in [1.29, 1.82) is 5.26 Å². The lowest BCUT2D eigenvalue weighted by atomic mass is 10.1. The van der Waals surface area contributed by atoms with E-state index in [0.717, 1.165) is 5.56 Å². The van der Waals surface area contributed by atoms with Gasteiger partial charge in [0, 0.05) is 18.4 Å². The SMILES string of the molecule is CC(C)n1ccn(Cc2ccccc2C#N)c1=O. The molecule has 1 aromatic carbocycles. The summed E-state index contributed by atoms with van der Waals surface area (Å²) in [4.78, 5) is 12.1. The van der Waals surface area contributed by atoms with Crippen LogP contribution in [0.3, 0.4) is 0 Å². The fourth-order valence-corrected chi connectivity index (χ4v) is 1.89. The number of aromatic nitrogens is 2. The van der Waals surface area contributed by atoms with Crippen molar-refractivity contribution < 1.29 is 0 Å². The first kappa shape index (κ1) is 12.2. The summed E-state index contributed by atoms with van der Waals surface area (Å²) in [5.41, 5.74) is 1.43. The van der Waals surface area contributed by atoms with E-state index in [-0.39, 0.29) is 11.7 Å². The number of rotatable bonds is 3. The Morgan fingerprint density at radius 2 is 2.00 bits per heavy atom. The fourth-order valence-electron chi connectivity index (χ4n) is 1.89. The van der Waals surface area contributed by atoms with E-state index in [1.807, 2.05) is 32.0 Å². The maximum absolute atomic E-state index is 12.1. The Morgan fingerprint density at radius 3 is 2.61 bits per heavy atom. The van der Waals surface area contributed by atoms with Gasteiger partial charge in [-0.05, 0) is 25.5 Å². The third kappa shape index (κ3) is 2.21. The molecule has 0 bridgehead atoms. The quantitative estimate of drug-likeness (QED) is 0.826. The van der Waals surface area contributed by atoms with Gasteiger partial charge < -0.3 is 0 Å². The van der Waals surface area contributed by atoms with Gasteiger partial charge in [0.15, 0.2) is 0 Å². The number of hydrogen-bond donors (Lipinski definition) is 0. The molecular formula is C14H15N3O. The molecule has 0 aliphatic carbocycles. The van der Waals surface area contributed by atoms with Gasteiger partial charge in [-0.15, -0.1) is 0 Å². The van der Waals surface area contributed by atoms with Crippen molar-refractivity contribution in [3.63, 3.8) is 0 Å². The van der Waals surface area contributed by atoms with Gasteiger partial charge >= 0.3 is 5.69 Å². The molecule has 0 N–H and O–H groups in total. The van der Waals surface area contributed by atoms with Crippen LogP contribution in [0.25, 0.3) is 0 Å². The van der Waals surface area contributed by atoms with Gasteiger partial charge in [-0.25, -0.2) is 4.79 Å². The molecular weight excluding hydrogens is 226 g/mol. The van der Waals surface area contributed by atoms with Crippen molar-refractivity contribution >= 4 is 0 Å². The summed E-state index contributed by atoms with van der Waals surface area (Å²) in [6, 6.07) is 9.62. The maximum Gasteiger partial charge on any atom is 0.328 e. The molecule has 0 saturated heterocycles. The second kappa shape index (κ2) is 4.92. The maximum atomic E-state index is 12.1. The van der Waals surface area contributed by atoms with Crippen LogP contribution in [0.5, 0.6) is 0 Å². The van der Waals surface area contributed by atoms with Crippen LogP contribution in [0, 0.1) is 11.3 Å². The van der Waals surface area contributed by atoms with Gasteiger partial charge in [0.25, 0.3) is 0 Å². The number of benzene rings is 1. The molecule has 2 aromatic rings. The molecule has 0 spiro atoms. The van der Waals surface area contributed by atoms with Crippen molar-refractivity contribution in [2.75, 3.05) is 0 Å². The summed E-state index contributed by atoms with van der Waals surface area (Å²) in [6.07, 6.45) is 3.54. The second-order valence-corrected chi connectivity index (χ2v) is 4.48. The molecule has 1 heterocycles. The molecule has 0 unspecified atom stereocenters. The van der Waals surface area contributed by atoms with E-state index in [1.165, 1.54) is 0 Å². The molecule has 1 aromatic heterocycles. The zero-order chi connectivity index (χ0) is 13.1. The van der Waals surface area contributed by atoms with Gasteiger partial charge in [-0.1, -0.05) is 18.2 Å². The van der Waals surface area contributed by atoms with Crippen LogP contribution in [-0.2, 0) is 6.54 Å². The second-order valence-electron chi connectivity index (χ2n) is 4.48. The first-order chi connectivity index (χ1) is 8.63. The van der Waals surface area contributed by atoms with Crippen molar-refractivity contribution in [3.8, 4) is 6.07 Å². The average molecular weight is 241 g/mol. The predicted molar refractivity (Wildman–Crippen MR) is 69.3 cm³/mol. The molecule has 2 rings (SSSR count). The van der Waals surface area contributed by atoms with Gasteiger partial charge in [0.05, 0.1) is 18.2 Å². The average Bonchev–Trinajstić information content (AvgIpc) is 2.72. The number of nitrogens with zero attached hydrogens (tertiary/aromatic N) is 3. The molecule has 0 radical (unpaired) electrons. The highest BCUT2D eigenvalue weighted by atomic mass is 16.1. The van der Waals surface area contributed by atoms with E-state index in [9.17, 15) is 4.79 Å². The molecule has 0 amide bonds. The molecule has 4 heteroatoms. The third-order valence-corrected chi connectivity index (χ3v) is 2.91. The van der Waals surface area contributed by atoms with Crippen LogP contribution in [0.1, 0.15) is 31.0 Å². The highest BCUT2D eigenvalue weighted by molar-refractivity contribution is 5.37. The predicted octanol–water partition coefficient (Wildman–Crippen LogP) is 2.15. The van der Waals surface area contributed by atoms with Crippen molar-refractivity contribution in [2.45, 2.75) is 26.4 Å². The van der Waals surface area contributed by atoms with Crippen LogP contribution in [0.15, 0.2) is 41.5 Å². The zero-order valence-corrected chi connectivity index (χ0v) is 10.5. The molecule has 92 valence electrons. The molecule has 18 heavy (non-hydrogen) atoms. The number of hydrogen-bond acceptors (Lipinski definition) is 2.